The highest BCUT2D eigenvalue weighted by Crippen LogP contribution is 2.34. The third kappa shape index (κ3) is 4.49. The van der Waals surface area contributed by atoms with Crippen molar-refractivity contribution < 1.29 is 17.9 Å². The molecule has 6 nitrogen and oxygen atoms in total. The second-order valence-corrected chi connectivity index (χ2v) is 9.44. The van der Waals surface area contributed by atoms with Crippen LogP contribution < -0.4 is 14.8 Å². The number of halogens is 1. The molecule has 154 valence electrons. The Kier molecular flexibility index (Phi) is 5.78. The van der Waals surface area contributed by atoms with Crippen LogP contribution in [0.4, 0.5) is 5.69 Å². The van der Waals surface area contributed by atoms with Crippen LogP contribution in [0.2, 0.25) is 0 Å². The third-order valence-electron chi connectivity index (χ3n) is 4.77. The predicted octanol–water partition coefficient (Wildman–Crippen LogP) is 4.50. The first-order valence-corrected chi connectivity index (χ1v) is 11.6. The zero-order chi connectivity index (χ0) is 21.1. The number of ether oxygens (including phenoxy) is 1. The Morgan fingerprint density at radius 1 is 1.00 bits per heavy atom. The van der Waals surface area contributed by atoms with Gasteiger partial charge >= 0.3 is 0 Å². The van der Waals surface area contributed by atoms with Gasteiger partial charge in [0.15, 0.2) is 0 Å². The number of anilines is 1. The zero-order valence-corrected chi connectivity index (χ0v) is 18.2. The minimum Gasteiger partial charge on any atom is -0.493 e. The molecule has 0 spiro atoms. The van der Waals surface area contributed by atoms with E-state index in [1.165, 1.54) is 24.3 Å². The van der Waals surface area contributed by atoms with Gasteiger partial charge in [0.05, 0.1) is 17.5 Å². The van der Waals surface area contributed by atoms with Crippen LogP contribution in [-0.4, -0.2) is 20.9 Å². The number of hydrogen-bond donors (Lipinski definition) is 2. The minimum atomic E-state index is -3.73. The van der Waals surface area contributed by atoms with Gasteiger partial charge in [0.2, 0.25) is 0 Å². The van der Waals surface area contributed by atoms with E-state index in [0.29, 0.717) is 24.3 Å². The van der Waals surface area contributed by atoms with Crippen molar-refractivity contribution in [1.82, 2.24) is 5.32 Å². The molecule has 1 unspecified atom stereocenters. The van der Waals surface area contributed by atoms with E-state index >= 15 is 0 Å². The standard InChI is InChI=1S/C22H19BrN2O4S/c23-16-8-11-21-19(14-16)20(12-13-29-21)24-22(26)15-6-9-18(10-7-15)30(27,28)25-17-4-2-1-3-5-17/h1-11,14,20,25H,12-13H2,(H,24,26). The lowest BCUT2D eigenvalue weighted by molar-refractivity contribution is 0.0924. The maximum Gasteiger partial charge on any atom is 0.261 e. The second-order valence-electron chi connectivity index (χ2n) is 6.84. The zero-order valence-electron chi connectivity index (χ0n) is 15.8. The van der Waals surface area contributed by atoms with E-state index in [1.807, 2.05) is 18.2 Å². The van der Waals surface area contributed by atoms with Crippen LogP contribution >= 0.6 is 15.9 Å². The van der Waals surface area contributed by atoms with E-state index in [2.05, 4.69) is 26.0 Å². The molecule has 4 rings (SSSR count). The first-order valence-electron chi connectivity index (χ1n) is 9.33. The molecule has 1 aliphatic heterocycles. The fourth-order valence-corrected chi connectivity index (χ4v) is 4.70. The molecule has 30 heavy (non-hydrogen) atoms. The Morgan fingerprint density at radius 3 is 2.47 bits per heavy atom. The van der Waals surface area contributed by atoms with Gasteiger partial charge in [0, 0.05) is 27.7 Å². The van der Waals surface area contributed by atoms with E-state index < -0.39 is 10.0 Å². The van der Waals surface area contributed by atoms with Gasteiger partial charge in [-0.15, -0.1) is 0 Å². The first-order chi connectivity index (χ1) is 14.4. The van der Waals surface area contributed by atoms with Crippen molar-refractivity contribution in [3.05, 3.63) is 88.4 Å². The Labute approximate surface area is 183 Å². The number of sulfonamides is 1. The van der Waals surface area contributed by atoms with Crippen LogP contribution in [0.1, 0.15) is 28.4 Å². The SMILES string of the molecule is O=C(NC1CCOc2ccc(Br)cc21)c1ccc(S(=O)(=O)Nc2ccccc2)cc1. The summed E-state index contributed by atoms with van der Waals surface area (Å²) >= 11 is 3.45. The van der Waals surface area contributed by atoms with Crippen molar-refractivity contribution in [3.8, 4) is 5.75 Å². The van der Waals surface area contributed by atoms with Crippen LogP contribution in [0, 0.1) is 0 Å². The fraction of sp³-hybridized carbons (Fsp3) is 0.136. The average Bonchev–Trinajstić information content (AvgIpc) is 2.74. The summed E-state index contributed by atoms with van der Waals surface area (Å²) in [5.41, 5.74) is 1.77. The summed E-state index contributed by atoms with van der Waals surface area (Å²) in [6.07, 6.45) is 0.655. The van der Waals surface area contributed by atoms with Crippen LogP contribution in [0.3, 0.4) is 0 Å². The molecule has 1 atom stereocenters. The fourth-order valence-electron chi connectivity index (χ4n) is 3.26. The minimum absolute atomic E-state index is 0.0863. The van der Waals surface area contributed by atoms with E-state index in [9.17, 15) is 13.2 Å². The quantitative estimate of drug-likeness (QED) is 0.555. The Hall–Kier alpha value is -2.84. The maximum atomic E-state index is 12.7. The molecular formula is C22H19BrN2O4S. The van der Waals surface area contributed by atoms with Crippen molar-refractivity contribution in [2.45, 2.75) is 17.4 Å². The summed E-state index contributed by atoms with van der Waals surface area (Å²) in [6.45, 7) is 0.516. The van der Waals surface area contributed by atoms with Crippen LogP contribution in [-0.2, 0) is 10.0 Å². The lowest BCUT2D eigenvalue weighted by atomic mass is 10.00. The summed E-state index contributed by atoms with van der Waals surface area (Å²) in [5, 5.41) is 3.01. The van der Waals surface area contributed by atoms with Crippen molar-refractivity contribution >= 4 is 37.5 Å². The highest BCUT2D eigenvalue weighted by atomic mass is 79.9. The van der Waals surface area contributed by atoms with Gasteiger partial charge in [-0.1, -0.05) is 34.1 Å². The molecule has 1 amide bonds. The summed E-state index contributed by atoms with van der Waals surface area (Å²) in [5.74, 6) is 0.482. The molecule has 1 aliphatic rings. The number of para-hydroxylation sites is 1. The summed E-state index contributed by atoms with van der Waals surface area (Å²) in [4.78, 5) is 12.8. The molecule has 0 aliphatic carbocycles. The van der Waals surface area contributed by atoms with Gasteiger partial charge < -0.3 is 10.1 Å². The van der Waals surface area contributed by atoms with E-state index in [4.69, 9.17) is 4.74 Å². The Bertz CT molecular complexity index is 1170. The van der Waals surface area contributed by atoms with Crippen LogP contribution in [0.15, 0.2) is 82.2 Å². The number of nitrogens with one attached hydrogen (secondary N) is 2. The number of amides is 1. The van der Waals surface area contributed by atoms with Crippen molar-refractivity contribution in [2.24, 2.45) is 0 Å². The van der Waals surface area contributed by atoms with Crippen molar-refractivity contribution in [1.29, 1.82) is 0 Å². The molecule has 1 heterocycles. The number of hydrogen-bond acceptors (Lipinski definition) is 4. The monoisotopic (exact) mass is 486 g/mol. The highest BCUT2D eigenvalue weighted by Gasteiger charge is 2.24. The smallest absolute Gasteiger partial charge is 0.261 e. The van der Waals surface area contributed by atoms with Gasteiger partial charge in [0.1, 0.15) is 5.75 Å². The molecule has 0 radical (unpaired) electrons. The normalized spacial score (nSPS) is 15.6. The van der Waals surface area contributed by atoms with Gasteiger partial charge in [-0.05, 0) is 54.6 Å². The van der Waals surface area contributed by atoms with Crippen molar-refractivity contribution in [3.63, 3.8) is 0 Å². The molecule has 8 heteroatoms. The second kappa shape index (κ2) is 8.49. The number of carbonyl (C=O) groups is 1. The topological polar surface area (TPSA) is 84.5 Å². The van der Waals surface area contributed by atoms with Gasteiger partial charge in [-0.25, -0.2) is 8.42 Å². The maximum absolute atomic E-state index is 12.7. The van der Waals surface area contributed by atoms with Gasteiger partial charge in [-0.2, -0.15) is 0 Å². The molecule has 0 bridgehead atoms. The Balaban J connectivity index is 1.48. The summed E-state index contributed by atoms with van der Waals surface area (Å²) < 4.78 is 34.2. The molecule has 0 saturated heterocycles. The number of benzene rings is 3. The Morgan fingerprint density at radius 2 is 1.73 bits per heavy atom. The number of rotatable bonds is 5. The van der Waals surface area contributed by atoms with Gasteiger partial charge in [-0.3, -0.25) is 9.52 Å². The predicted molar refractivity (Wildman–Crippen MR) is 118 cm³/mol. The largest absolute Gasteiger partial charge is 0.493 e. The highest BCUT2D eigenvalue weighted by molar-refractivity contribution is 9.10. The molecule has 2 N–H and O–H groups in total. The van der Waals surface area contributed by atoms with Crippen LogP contribution in [0.5, 0.6) is 5.75 Å². The lowest BCUT2D eigenvalue weighted by Gasteiger charge is -2.27. The molecule has 0 saturated carbocycles. The first kappa shape index (κ1) is 20.4. The van der Waals surface area contributed by atoms with E-state index in [1.54, 1.807) is 30.3 Å². The lowest BCUT2D eigenvalue weighted by Crippen LogP contribution is -2.32. The summed E-state index contributed by atoms with van der Waals surface area (Å²) in [7, 11) is -3.73. The summed E-state index contributed by atoms with van der Waals surface area (Å²) in [6, 6.07) is 20.0. The van der Waals surface area contributed by atoms with Gasteiger partial charge in [0.25, 0.3) is 15.9 Å². The molecular weight excluding hydrogens is 468 g/mol. The molecule has 3 aromatic carbocycles. The van der Waals surface area contributed by atoms with E-state index in [-0.39, 0.29) is 16.8 Å². The number of fused-ring (bicyclic) bond motifs is 1. The van der Waals surface area contributed by atoms with Crippen LogP contribution in [0.25, 0.3) is 0 Å². The molecule has 0 aromatic heterocycles. The average molecular weight is 487 g/mol. The third-order valence-corrected chi connectivity index (χ3v) is 6.66. The molecule has 0 fully saturated rings. The van der Waals surface area contributed by atoms with E-state index in [0.717, 1.165) is 15.8 Å². The molecule has 3 aromatic rings. The van der Waals surface area contributed by atoms with Crippen molar-refractivity contribution in [2.75, 3.05) is 11.3 Å². The number of carbonyl (C=O) groups excluding carboxylic acids is 1.